The number of hydrogen-bond acceptors (Lipinski definition) is 3. The monoisotopic (exact) mass is 326 g/mol. The number of benzene rings is 2. The number of rotatable bonds is 1. The molecule has 2 N–H and O–H groups in total. The van der Waals surface area contributed by atoms with Gasteiger partial charge in [0.05, 0.1) is 22.3 Å². The van der Waals surface area contributed by atoms with Crippen molar-refractivity contribution in [2.45, 2.75) is 6.92 Å². The molecule has 0 radical (unpaired) electrons. The van der Waals surface area contributed by atoms with Gasteiger partial charge in [-0.05, 0) is 42.8 Å². The molecule has 2 aromatic carbocycles. The van der Waals surface area contributed by atoms with Gasteiger partial charge in [-0.1, -0.05) is 22.0 Å². The largest absolute Gasteiger partial charge is 0.369 e. The van der Waals surface area contributed by atoms with Crippen molar-refractivity contribution in [1.29, 1.82) is 5.26 Å². The lowest BCUT2D eigenvalue weighted by molar-refractivity contribution is 1.10. The number of hydrogen-bond donors (Lipinski definition) is 1. The molecule has 0 fully saturated rings. The molecule has 0 unspecified atom stereocenters. The first-order valence-corrected chi connectivity index (χ1v) is 6.84. The SMILES string of the molecule is Cc1ccc2nc(N)n(-c3cc(Br)ccc3C#N)c2c1. The zero-order valence-electron chi connectivity index (χ0n) is 10.8. The van der Waals surface area contributed by atoms with Gasteiger partial charge >= 0.3 is 0 Å². The molecule has 0 spiro atoms. The number of fused-ring (bicyclic) bond motifs is 1. The van der Waals surface area contributed by atoms with E-state index in [1.54, 1.807) is 6.07 Å². The zero-order valence-corrected chi connectivity index (χ0v) is 12.3. The van der Waals surface area contributed by atoms with Gasteiger partial charge in [-0.15, -0.1) is 0 Å². The first-order valence-electron chi connectivity index (χ1n) is 6.05. The highest BCUT2D eigenvalue weighted by Crippen LogP contribution is 2.28. The van der Waals surface area contributed by atoms with Gasteiger partial charge in [0.25, 0.3) is 0 Å². The number of aromatic nitrogens is 2. The molecule has 0 saturated heterocycles. The Morgan fingerprint density at radius 1 is 1.25 bits per heavy atom. The Kier molecular flexibility index (Phi) is 2.96. The van der Waals surface area contributed by atoms with Gasteiger partial charge in [0.1, 0.15) is 6.07 Å². The summed E-state index contributed by atoms with van der Waals surface area (Å²) in [7, 11) is 0. The summed E-state index contributed by atoms with van der Waals surface area (Å²) in [6, 6.07) is 13.6. The Balaban J connectivity index is 2.40. The molecular weight excluding hydrogens is 316 g/mol. The van der Waals surface area contributed by atoms with E-state index in [2.05, 4.69) is 27.0 Å². The molecule has 0 saturated carbocycles. The molecule has 98 valence electrons. The first-order chi connectivity index (χ1) is 9.60. The number of aryl methyl sites for hydroxylation is 1. The maximum Gasteiger partial charge on any atom is 0.205 e. The Labute approximate surface area is 124 Å². The lowest BCUT2D eigenvalue weighted by Gasteiger charge is -2.09. The van der Waals surface area contributed by atoms with Crippen molar-refractivity contribution in [3.05, 3.63) is 52.0 Å². The quantitative estimate of drug-likeness (QED) is 0.743. The van der Waals surface area contributed by atoms with Gasteiger partial charge in [-0.25, -0.2) is 4.98 Å². The van der Waals surface area contributed by atoms with Crippen LogP contribution in [0.25, 0.3) is 16.7 Å². The number of imidazole rings is 1. The minimum Gasteiger partial charge on any atom is -0.369 e. The average molecular weight is 327 g/mol. The van der Waals surface area contributed by atoms with Gasteiger partial charge in [-0.2, -0.15) is 5.26 Å². The van der Waals surface area contributed by atoms with Crippen molar-refractivity contribution >= 4 is 32.9 Å². The summed E-state index contributed by atoms with van der Waals surface area (Å²) in [4.78, 5) is 4.35. The summed E-state index contributed by atoms with van der Waals surface area (Å²) in [6.07, 6.45) is 0. The highest BCUT2D eigenvalue weighted by Gasteiger charge is 2.13. The Morgan fingerprint density at radius 3 is 2.80 bits per heavy atom. The van der Waals surface area contributed by atoms with E-state index < -0.39 is 0 Å². The van der Waals surface area contributed by atoms with Crippen molar-refractivity contribution in [3.63, 3.8) is 0 Å². The predicted molar refractivity (Wildman–Crippen MR) is 82.6 cm³/mol. The molecule has 0 bridgehead atoms. The molecule has 0 amide bonds. The number of halogens is 1. The molecule has 1 aromatic heterocycles. The molecular formula is C15H11BrN4. The molecule has 0 atom stereocenters. The number of nitriles is 1. The summed E-state index contributed by atoms with van der Waals surface area (Å²) in [5, 5.41) is 9.29. The third kappa shape index (κ3) is 1.95. The molecule has 3 aromatic rings. The fourth-order valence-electron chi connectivity index (χ4n) is 2.24. The standard InChI is InChI=1S/C15H11BrN4/c1-9-2-5-12-14(6-9)20(15(18)19-12)13-7-11(16)4-3-10(13)8-17/h2-7H,1H3,(H2,18,19). The van der Waals surface area contributed by atoms with Crippen LogP contribution in [-0.4, -0.2) is 9.55 Å². The van der Waals surface area contributed by atoms with Gasteiger partial charge in [0, 0.05) is 4.47 Å². The van der Waals surface area contributed by atoms with Crippen LogP contribution in [-0.2, 0) is 0 Å². The number of nitrogens with two attached hydrogens (primary N) is 1. The second-order valence-corrected chi connectivity index (χ2v) is 5.49. The van der Waals surface area contributed by atoms with Gasteiger partial charge in [-0.3, -0.25) is 4.57 Å². The first kappa shape index (κ1) is 12.7. The second-order valence-electron chi connectivity index (χ2n) is 4.57. The fourth-order valence-corrected chi connectivity index (χ4v) is 2.59. The Bertz CT molecular complexity index is 858. The summed E-state index contributed by atoms with van der Waals surface area (Å²) in [6.45, 7) is 2.01. The van der Waals surface area contributed by atoms with Crippen LogP contribution in [0.4, 0.5) is 5.95 Å². The molecule has 20 heavy (non-hydrogen) atoms. The van der Waals surface area contributed by atoms with Gasteiger partial charge < -0.3 is 5.73 Å². The van der Waals surface area contributed by atoms with Crippen molar-refractivity contribution in [2.75, 3.05) is 5.73 Å². The zero-order chi connectivity index (χ0) is 14.3. The van der Waals surface area contributed by atoms with E-state index in [1.807, 2.05) is 41.8 Å². The summed E-state index contributed by atoms with van der Waals surface area (Å²) in [5.74, 6) is 0.375. The smallest absolute Gasteiger partial charge is 0.205 e. The van der Waals surface area contributed by atoms with E-state index in [1.165, 1.54) is 0 Å². The topological polar surface area (TPSA) is 67.6 Å². The van der Waals surface area contributed by atoms with Crippen molar-refractivity contribution in [3.8, 4) is 11.8 Å². The normalized spacial score (nSPS) is 10.7. The highest BCUT2D eigenvalue weighted by molar-refractivity contribution is 9.10. The lowest BCUT2D eigenvalue weighted by Crippen LogP contribution is -2.03. The number of nitrogen functional groups attached to an aromatic ring is 1. The minimum atomic E-state index is 0.375. The van der Waals surface area contributed by atoms with Crippen LogP contribution in [0.15, 0.2) is 40.9 Å². The van der Waals surface area contributed by atoms with Crippen molar-refractivity contribution in [1.82, 2.24) is 9.55 Å². The van der Waals surface area contributed by atoms with Crippen LogP contribution in [0.2, 0.25) is 0 Å². The molecule has 0 aliphatic rings. The van der Waals surface area contributed by atoms with E-state index in [0.29, 0.717) is 11.5 Å². The molecule has 3 rings (SSSR count). The molecule has 1 heterocycles. The lowest BCUT2D eigenvalue weighted by atomic mass is 10.1. The van der Waals surface area contributed by atoms with Gasteiger partial charge in [0.2, 0.25) is 5.95 Å². The Hall–Kier alpha value is -2.32. The molecule has 0 aliphatic heterocycles. The van der Waals surface area contributed by atoms with Crippen LogP contribution >= 0.6 is 15.9 Å². The fraction of sp³-hybridized carbons (Fsp3) is 0.0667. The molecule has 0 aliphatic carbocycles. The third-order valence-electron chi connectivity index (χ3n) is 3.16. The van der Waals surface area contributed by atoms with Crippen molar-refractivity contribution < 1.29 is 0 Å². The maximum atomic E-state index is 9.29. The van der Waals surface area contributed by atoms with Crippen LogP contribution in [0.1, 0.15) is 11.1 Å². The van der Waals surface area contributed by atoms with E-state index in [-0.39, 0.29) is 0 Å². The number of anilines is 1. The maximum absolute atomic E-state index is 9.29. The van der Waals surface area contributed by atoms with Crippen LogP contribution in [0.5, 0.6) is 0 Å². The van der Waals surface area contributed by atoms with Crippen LogP contribution in [0, 0.1) is 18.3 Å². The van der Waals surface area contributed by atoms with Crippen molar-refractivity contribution in [2.24, 2.45) is 0 Å². The summed E-state index contributed by atoms with van der Waals surface area (Å²) in [5.41, 5.74) is 10.2. The van der Waals surface area contributed by atoms with E-state index >= 15 is 0 Å². The van der Waals surface area contributed by atoms with Crippen LogP contribution in [0.3, 0.4) is 0 Å². The molecule has 4 nitrogen and oxygen atoms in total. The van der Waals surface area contributed by atoms with E-state index in [0.717, 1.165) is 26.8 Å². The summed E-state index contributed by atoms with van der Waals surface area (Å²) >= 11 is 3.43. The third-order valence-corrected chi connectivity index (χ3v) is 3.65. The van der Waals surface area contributed by atoms with Gasteiger partial charge in [0.15, 0.2) is 0 Å². The van der Waals surface area contributed by atoms with E-state index in [4.69, 9.17) is 5.73 Å². The predicted octanol–water partition coefficient (Wildman–Crippen LogP) is 3.55. The average Bonchev–Trinajstić information content (AvgIpc) is 2.74. The highest BCUT2D eigenvalue weighted by atomic mass is 79.9. The second kappa shape index (κ2) is 4.66. The number of nitrogens with zero attached hydrogens (tertiary/aromatic N) is 3. The minimum absolute atomic E-state index is 0.375. The van der Waals surface area contributed by atoms with E-state index in [9.17, 15) is 5.26 Å². The van der Waals surface area contributed by atoms with Crippen LogP contribution < -0.4 is 5.73 Å². The summed E-state index contributed by atoms with van der Waals surface area (Å²) < 4.78 is 2.70. The molecule has 5 heteroatoms. The Morgan fingerprint density at radius 2 is 2.05 bits per heavy atom.